The summed E-state index contributed by atoms with van der Waals surface area (Å²) < 4.78 is 5.67. The van der Waals surface area contributed by atoms with Gasteiger partial charge in [0, 0.05) is 22.7 Å². The summed E-state index contributed by atoms with van der Waals surface area (Å²) in [4.78, 5) is 35.1. The molecule has 2 aromatic carbocycles. The average Bonchev–Trinajstić information content (AvgIpc) is 3.29. The van der Waals surface area contributed by atoms with E-state index in [9.17, 15) is 19.7 Å². The summed E-state index contributed by atoms with van der Waals surface area (Å²) in [6.45, 7) is 0. The van der Waals surface area contributed by atoms with Gasteiger partial charge >= 0.3 is 0 Å². The van der Waals surface area contributed by atoms with Crippen molar-refractivity contribution in [1.29, 1.82) is 0 Å². The third-order valence-electron chi connectivity index (χ3n) is 4.25. The molecule has 2 heterocycles. The number of furan rings is 1. The molecule has 1 aromatic heterocycles. The lowest BCUT2D eigenvalue weighted by Crippen LogP contribution is -2.35. The van der Waals surface area contributed by atoms with Crippen molar-refractivity contribution in [3.63, 3.8) is 0 Å². The summed E-state index contributed by atoms with van der Waals surface area (Å²) in [5.41, 5.74) is 3.49. The number of hydrogen-bond acceptors (Lipinski definition) is 5. The van der Waals surface area contributed by atoms with Crippen LogP contribution in [0.3, 0.4) is 0 Å². The van der Waals surface area contributed by atoms with Gasteiger partial charge in [0.25, 0.3) is 17.5 Å². The van der Waals surface area contributed by atoms with Gasteiger partial charge in [-0.2, -0.15) is 0 Å². The Morgan fingerprint density at radius 1 is 1.00 bits per heavy atom. The molecule has 2 amide bonds. The van der Waals surface area contributed by atoms with Crippen molar-refractivity contribution in [2.45, 2.75) is 0 Å². The molecule has 3 aromatic rings. The minimum atomic E-state index is -0.557. The predicted molar refractivity (Wildman–Crippen MR) is 106 cm³/mol. The van der Waals surface area contributed by atoms with Gasteiger partial charge in [0.2, 0.25) is 0 Å². The summed E-state index contributed by atoms with van der Waals surface area (Å²) in [7, 11) is 0. The van der Waals surface area contributed by atoms with Gasteiger partial charge in [-0.1, -0.05) is 11.6 Å². The number of halogens is 1. The van der Waals surface area contributed by atoms with Crippen LogP contribution in [0.1, 0.15) is 5.76 Å². The number of anilines is 1. The van der Waals surface area contributed by atoms with Crippen molar-refractivity contribution in [2.75, 3.05) is 5.01 Å². The summed E-state index contributed by atoms with van der Waals surface area (Å²) in [6, 6.07) is 15.6. The lowest BCUT2D eigenvalue weighted by atomic mass is 10.1. The highest BCUT2D eigenvalue weighted by molar-refractivity contribution is 6.32. The Morgan fingerprint density at radius 3 is 2.34 bits per heavy atom. The largest absolute Gasteiger partial charge is 0.457 e. The SMILES string of the molecule is O=C1NN(c2ccc(Cl)cc2)C(=O)/C1=C\c1ccc(-c2ccc([N+](=O)[O-])cc2)o1. The molecule has 8 nitrogen and oxygen atoms in total. The maximum atomic E-state index is 12.6. The standard InChI is InChI=1S/C20H12ClN3O5/c21-13-3-7-14(8-4-13)23-20(26)17(19(25)22-23)11-16-9-10-18(29-16)12-1-5-15(6-2-12)24(27)28/h1-11H,(H,22,25)/b17-11-. The zero-order chi connectivity index (χ0) is 20.5. The Balaban J connectivity index is 1.58. The van der Waals surface area contributed by atoms with Gasteiger partial charge < -0.3 is 4.42 Å². The Hall–Kier alpha value is -3.91. The van der Waals surface area contributed by atoms with Crippen molar-refractivity contribution in [1.82, 2.24) is 5.43 Å². The molecular formula is C20H12ClN3O5. The van der Waals surface area contributed by atoms with E-state index in [1.807, 2.05) is 0 Å². The fraction of sp³-hybridized carbons (Fsp3) is 0. The molecular weight excluding hydrogens is 398 g/mol. The third kappa shape index (κ3) is 3.61. The van der Waals surface area contributed by atoms with E-state index in [1.165, 1.54) is 18.2 Å². The van der Waals surface area contributed by atoms with Crippen molar-refractivity contribution in [3.8, 4) is 11.3 Å². The zero-order valence-corrected chi connectivity index (χ0v) is 15.4. The van der Waals surface area contributed by atoms with E-state index in [0.29, 0.717) is 27.8 Å². The molecule has 1 aliphatic heterocycles. The van der Waals surface area contributed by atoms with Crippen LogP contribution in [0.5, 0.6) is 0 Å². The van der Waals surface area contributed by atoms with Crippen molar-refractivity contribution in [3.05, 3.63) is 87.1 Å². The van der Waals surface area contributed by atoms with Gasteiger partial charge in [-0.3, -0.25) is 25.1 Å². The minimum absolute atomic E-state index is 0.0295. The van der Waals surface area contributed by atoms with Crippen molar-refractivity contribution >= 4 is 40.9 Å². The first kappa shape index (κ1) is 18.5. The lowest BCUT2D eigenvalue weighted by molar-refractivity contribution is -0.384. The number of carbonyl (C=O) groups is 2. The van der Waals surface area contributed by atoms with Gasteiger partial charge in [0.05, 0.1) is 10.6 Å². The molecule has 0 aliphatic carbocycles. The minimum Gasteiger partial charge on any atom is -0.457 e. The number of rotatable bonds is 4. The molecule has 0 unspecified atom stereocenters. The van der Waals surface area contributed by atoms with Gasteiger partial charge in [-0.25, -0.2) is 5.01 Å². The van der Waals surface area contributed by atoms with E-state index in [-0.39, 0.29) is 11.3 Å². The van der Waals surface area contributed by atoms with Gasteiger partial charge in [-0.15, -0.1) is 0 Å². The highest BCUT2D eigenvalue weighted by Gasteiger charge is 2.34. The smallest absolute Gasteiger partial charge is 0.282 e. The molecule has 4 rings (SSSR count). The van der Waals surface area contributed by atoms with E-state index in [4.69, 9.17) is 16.0 Å². The van der Waals surface area contributed by atoms with Crippen LogP contribution in [0.15, 0.2) is 70.7 Å². The molecule has 9 heteroatoms. The molecule has 1 N–H and O–H groups in total. The number of hydrazine groups is 1. The van der Waals surface area contributed by atoms with Crippen LogP contribution in [0.4, 0.5) is 11.4 Å². The molecule has 0 bridgehead atoms. The molecule has 0 atom stereocenters. The van der Waals surface area contributed by atoms with E-state index in [1.54, 1.807) is 48.5 Å². The number of nitro benzene ring substituents is 1. The summed E-state index contributed by atoms with van der Waals surface area (Å²) >= 11 is 5.85. The second-order valence-electron chi connectivity index (χ2n) is 6.12. The van der Waals surface area contributed by atoms with Crippen molar-refractivity contribution < 1.29 is 18.9 Å². The maximum absolute atomic E-state index is 12.6. The van der Waals surface area contributed by atoms with Crippen LogP contribution in [-0.4, -0.2) is 16.7 Å². The molecule has 0 radical (unpaired) electrons. The quantitative estimate of drug-likeness (QED) is 0.304. The lowest BCUT2D eigenvalue weighted by Gasteiger charge is -2.14. The van der Waals surface area contributed by atoms with E-state index >= 15 is 0 Å². The molecule has 0 saturated carbocycles. The van der Waals surface area contributed by atoms with Crippen LogP contribution in [-0.2, 0) is 9.59 Å². The summed E-state index contributed by atoms with van der Waals surface area (Å²) in [5, 5.41) is 12.4. The average molecular weight is 410 g/mol. The Bertz CT molecular complexity index is 1150. The topological polar surface area (TPSA) is 106 Å². The number of nitrogens with zero attached hydrogens (tertiary/aromatic N) is 2. The van der Waals surface area contributed by atoms with Crippen LogP contribution in [0, 0.1) is 10.1 Å². The van der Waals surface area contributed by atoms with Gasteiger partial charge in [0.15, 0.2) is 0 Å². The number of non-ortho nitro benzene ring substituents is 1. The summed E-state index contributed by atoms with van der Waals surface area (Å²) in [5.74, 6) is -0.328. The van der Waals surface area contributed by atoms with Crippen molar-refractivity contribution in [2.24, 2.45) is 0 Å². The van der Waals surface area contributed by atoms with Gasteiger partial charge in [-0.05, 0) is 54.6 Å². The number of amides is 2. The van der Waals surface area contributed by atoms with Crippen LogP contribution >= 0.6 is 11.6 Å². The Kier molecular flexibility index (Phi) is 4.61. The fourth-order valence-electron chi connectivity index (χ4n) is 2.80. The monoisotopic (exact) mass is 409 g/mol. The van der Waals surface area contributed by atoms with Gasteiger partial charge in [0.1, 0.15) is 17.1 Å². The molecule has 1 fully saturated rings. The maximum Gasteiger partial charge on any atom is 0.282 e. The van der Waals surface area contributed by atoms with E-state index in [0.717, 1.165) is 5.01 Å². The molecule has 0 spiro atoms. The van der Waals surface area contributed by atoms with E-state index < -0.39 is 16.7 Å². The van der Waals surface area contributed by atoms with Crippen LogP contribution in [0.2, 0.25) is 5.02 Å². The number of hydrogen-bond donors (Lipinski definition) is 1. The predicted octanol–water partition coefficient (Wildman–Crippen LogP) is 3.97. The second-order valence-corrected chi connectivity index (χ2v) is 6.56. The molecule has 29 heavy (non-hydrogen) atoms. The summed E-state index contributed by atoms with van der Waals surface area (Å²) in [6.07, 6.45) is 1.35. The Morgan fingerprint density at radius 2 is 1.69 bits per heavy atom. The highest BCUT2D eigenvalue weighted by atomic mass is 35.5. The zero-order valence-electron chi connectivity index (χ0n) is 14.7. The van der Waals surface area contributed by atoms with Crippen LogP contribution in [0.25, 0.3) is 17.4 Å². The first-order valence-electron chi connectivity index (χ1n) is 8.40. The number of nitro groups is 1. The molecule has 1 aliphatic rings. The Labute approximate surface area is 169 Å². The number of benzene rings is 2. The van der Waals surface area contributed by atoms with Crippen LogP contribution < -0.4 is 10.4 Å². The fourth-order valence-corrected chi connectivity index (χ4v) is 2.93. The normalized spacial score (nSPS) is 15.1. The number of carbonyl (C=O) groups excluding carboxylic acids is 2. The molecule has 1 saturated heterocycles. The first-order chi connectivity index (χ1) is 13.9. The highest BCUT2D eigenvalue weighted by Crippen LogP contribution is 2.27. The third-order valence-corrected chi connectivity index (χ3v) is 4.50. The van der Waals surface area contributed by atoms with E-state index in [2.05, 4.69) is 5.43 Å². The molecule has 144 valence electrons. The first-order valence-corrected chi connectivity index (χ1v) is 8.77. The number of nitrogens with one attached hydrogen (secondary N) is 1. The second kappa shape index (κ2) is 7.25.